The molecule has 0 radical (unpaired) electrons. The van der Waals surface area contributed by atoms with E-state index >= 15 is 0 Å². The lowest BCUT2D eigenvalue weighted by atomic mass is 10.2. The Balaban J connectivity index is 1.75. The number of benzene rings is 2. The van der Waals surface area contributed by atoms with Crippen LogP contribution < -0.4 is 10.1 Å². The van der Waals surface area contributed by atoms with Crippen LogP contribution in [-0.4, -0.2) is 18.8 Å². The van der Waals surface area contributed by atoms with Crippen molar-refractivity contribution in [2.45, 2.75) is 18.4 Å². The zero-order chi connectivity index (χ0) is 15.1. The molecule has 0 saturated carbocycles. The average Bonchev–Trinajstić information content (AvgIpc) is 2.53. The number of hydrogen-bond donors (Lipinski definition) is 1. The molecule has 4 heteroatoms. The van der Waals surface area contributed by atoms with Crippen LogP contribution in [-0.2, 0) is 11.3 Å². The van der Waals surface area contributed by atoms with Gasteiger partial charge in [-0.05, 0) is 43.0 Å². The van der Waals surface area contributed by atoms with Crippen molar-refractivity contribution in [3.8, 4) is 5.75 Å². The van der Waals surface area contributed by atoms with Crippen LogP contribution >= 0.6 is 11.8 Å². The molecule has 0 aliphatic rings. The van der Waals surface area contributed by atoms with Gasteiger partial charge < -0.3 is 10.1 Å². The molecule has 2 aromatic carbocycles. The number of thioether (sulfide) groups is 1. The molecule has 3 nitrogen and oxygen atoms in total. The molecule has 0 aromatic heterocycles. The maximum Gasteiger partial charge on any atom is 0.258 e. The van der Waals surface area contributed by atoms with Gasteiger partial charge in [-0.25, -0.2) is 0 Å². The number of aryl methyl sites for hydroxylation is 1. The first kappa shape index (κ1) is 15.4. The van der Waals surface area contributed by atoms with Crippen molar-refractivity contribution in [2.24, 2.45) is 0 Å². The largest absolute Gasteiger partial charge is 0.484 e. The van der Waals surface area contributed by atoms with Crippen LogP contribution in [0.25, 0.3) is 0 Å². The SMILES string of the molecule is CSc1ccc(CNC(=O)COc2ccc(C)cc2)cc1. The third-order valence-electron chi connectivity index (χ3n) is 3.04. The van der Waals surface area contributed by atoms with Crippen molar-refractivity contribution in [1.29, 1.82) is 0 Å². The van der Waals surface area contributed by atoms with Crippen LogP contribution in [0.15, 0.2) is 53.4 Å². The van der Waals surface area contributed by atoms with Crippen molar-refractivity contribution in [3.63, 3.8) is 0 Å². The van der Waals surface area contributed by atoms with Crippen LogP contribution in [0.3, 0.4) is 0 Å². The average molecular weight is 301 g/mol. The van der Waals surface area contributed by atoms with Crippen molar-refractivity contribution in [1.82, 2.24) is 5.32 Å². The minimum absolute atomic E-state index is 0.0337. The molecule has 0 fully saturated rings. The second-order valence-electron chi connectivity index (χ2n) is 4.73. The summed E-state index contributed by atoms with van der Waals surface area (Å²) in [5.41, 5.74) is 2.25. The van der Waals surface area contributed by atoms with Gasteiger partial charge in [-0.2, -0.15) is 0 Å². The number of hydrogen-bond acceptors (Lipinski definition) is 3. The molecule has 0 atom stereocenters. The van der Waals surface area contributed by atoms with E-state index in [1.165, 1.54) is 10.5 Å². The third-order valence-corrected chi connectivity index (χ3v) is 3.78. The first-order valence-corrected chi connectivity index (χ1v) is 7.99. The van der Waals surface area contributed by atoms with Gasteiger partial charge in [0.05, 0.1) is 0 Å². The quantitative estimate of drug-likeness (QED) is 0.831. The first-order valence-electron chi connectivity index (χ1n) is 6.76. The van der Waals surface area contributed by atoms with Crippen LogP contribution in [0.4, 0.5) is 0 Å². The molecule has 1 amide bonds. The predicted molar refractivity (Wildman–Crippen MR) is 86.7 cm³/mol. The van der Waals surface area contributed by atoms with Gasteiger partial charge in [0.2, 0.25) is 0 Å². The zero-order valence-corrected chi connectivity index (χ0v) is 13.1. The number of ether oxygens (including phenoxy) is 1. The van der Waals surface area contributed by atoms with E-state index in [-0.39, 0.29) is 12.5 Å². The van der Waals surface area contributed by atoms with Crippen molar-refractivity contribution in [3.05, 3.63) is 59.7 Å². The molecule has 0 bridgehead atoms. The van der Waals surface area contributed by atoms with Crippen LogP contribution in [0.2, 0.25) is 0 Å². The summed E-state index contributed by atoms with van der Waals surface area (Å²) in [7, 11) is 0. The summed E-state index contributed by atoms with van der Waals surface area (Å²) in [6.07, 6.45) is 2.04. The van der Waals surface area contributed by atoms with Crippen LogP contribution in [0.5, 0.6) is 5.75 Å². The molecular formula is C17H19NO2S. The first-order chi connectivity index (χ1) is 10.2. The number of amides is 1. The molecule has 1 N–H and O–H groups in total. The monoisotopic (exact) mass is 301 g/mol. The van der Waals surface area contributed by atoms with E-state index in [9.17, 15) is 4.79 Å². The van der Waals surface area contributed by atoms with Crippen LogP contribution in [0, 0.1) is 6.92 Å². The fourth-order valence-electron chi connectivity index (χ4n) is 1.78. The maximum absolute atomic E-state index is 11.7. The van der Waals surface area contributed by atoms with Crippen LogP contribution in [0.1, 0.15) is 11.1 Å². The standard InChI is InChI=1S/C17H19NO2S/c1-13-3-7-15(8-4-13)20-12-17(19)18-11-14-5-9-16(21-2)10-6-14/h3-10H,11-12H2,1-2H3,(H,18,19). The second-order valence-corrected chi connectivity index (χ2v) is 5.61. The van der Waals surface area contributed by atoms with E-state index in [1.807, 2.05) is 49.6 Å². The van der Waals surface area contributed by atoms with Gasteiger partial charge in [-0.1, -0.05) is 29.8 Å². The molecule has 110 valence electrons. The Morgan fingerprint density at radius 3 is 2.38 bits per heavy atom. The molecule has 2 rings (SSSR count). The second kappa shape index (κ2) is 7.74. The Morgan fingerprint density at radius 1 is 1.10 bits per heavy atom. The van der Waals surface area contributed by atoms with Crippen molar-refractivity contribution in [2.75, 3.05) is 12.9 Å². The summed E-state index contributed by atoms with van der Waals surface area (Å²) in [5.74, 6) is 0.588. The fraction of sp³-hybridized carbons (Fsp3) is 0.235. The molecule has 2 aromatic rings. The van der Waals surface area contributed by atoms with Gasteiger partial charge in [-0.15, -0.1) is 11.8 Å². The molecule has 0 heterocycles. The molecule has 0 aliphatic heterocycles. The van der Waals surface area contributed by atoms with E-state index in [2.05, 4.69) is 17.4 Å². The number of carbonyl (C=O) groups excluding carboxylic acids is 1. The van der Waals surface area contributed by atoms with E-state index in [0.717, 1.165) is 5.56 Å². The van der Waals surface area contributed by atoms with E-state index < -0.39 is 0 Å². The summed E-state index contributed by atoms with van der Waals surface area (Å²) in [5, 5.41) is 2.85. The molecular weight excluding hydrogens is 282 g/mol. The lowest BCUT2D eigenvalue weighted by Crippen LogP contribution is -2.28. The van der Waals surface area contributed by atoms with Gasteiger partial charge >= 0.3 is 0 Å². The van der Waals surface area contributed by atoms with E-state index in [0.29, 0.717) is 12.3 Å². The van der Waals surface area contributed by atoms with Gasteiger partial charge in [0, 0.05) is 11.4 Å². The predicted octanol–water partition coefficient (Wildman–Crippen LogP) is 3.41. The van der Waals surface area contributed by atoms with Gasteiger partial charge in [-0.3, -0.25) is 4.79 Å². The minimum Gasteiger partial charge on any atom is -0.484 e. The molecule has 0 saturated heterocycles. The molecule has 0 aliphatic carbocycles. The number of rotatable bonds is 6. The van der Waals surface area contributed by atoms with E-state index in [1.54, 1.807) is 11.8 Å². The Bertz CT molecular complexity index is 579. The minimum atomic E-state index is -0.121. The van der Waals surface area contributed by atoms with Crippen molar-refractivity contribution >= 4 is 17.7 Å². The smallest absolute Gasteiger partial charge is 0.258 e. The topological polar surface area (TPSA) is 38.3 Å². The third kappa shape index (κ3) is 5.16. The highest BCUT2D eigenvalue weighted by Gasteiger charge is 2.03. The Hall–Kier alpha value is -1.94. The lowest BCUT2D eigenvalue weighted by molar-refractivity contribution is -0.123. The Labute approximate surface area is 129 Å². The highest BCUT2D eigenvalue weighted by Crippen LogP contribution is 2.14. The zero-order valence-electron chi connectivity index (χ0n) is 12.3. The summed E-state index contributed by atoms with van der Waals surface area (Å²) in [4.78, 5) is 13.0. The Kier molecular flexibility index (Phi) is 5.69. The molecule has 0 unspecified atom stereocenters. The molecule has 0 spiro atoms. The summed E-state index contributed by atoms with van der Waals surface area (Å²) in [6.45, 7) is 2.56. The van der Waals surface area contributed by atoms with Gasteiger partial charge in [0.25, 0.3) is 5.91 Å². The lowest BCUT2D eigenvalue weighted by Gasteiger charge is -2.08. The van der Waals surface area contributed by atoms with Gasteiger partial charge in [0.1, 0.15) is 5.75 Å². The molecule has 21 heavy (non-hydrogen) atoms. The number of nitrogens with one attached hydrogen (secondary N) is 1. The summed E-state index contributed by atoms with van der Waals surface area (Å²) >= 11 is 1.70. The Morgan fingerprint density at radius 2 is 1.76 bits per heavy atom. The fourth-order valence-corrected chi connectivity index (χ4v) is 2.19. The van der Waals surface area contributed by atoms with E-state index in [4.69, 9.17) is 4.74 Å². The maximum atomic E-state index is 11.7. The number of carbonyl (C=O) groups is 1. The normalized spacial score (nSPS) is 10.2. The highest BCUT2D eigenvalue weighted by atomic mass is 32.2. The van der Waals surface area contributed by atoms with Gasteiger partial charge in [0.15, 0.2) is 6.61 Å². The summed E-state index contributed by atoms with van der Waals surface area (Å²) < 4.78 is 5.43. The van der Waals surface area contributed by atoms with Crippen molar-refractivity contribution < 1.29 is 9.53 Å². The summed E-state index contributed by atoms with van der Waals surface area (Å²) in [6, 6.07) is 15.8. The highest BCUT2D eigenvalue weighted by molar-refractivity contribution is 7.98.